The van der Waals surface area contributed by atoms with E-state index in [1.54, 1.807) is 30.1 Å². The minimum Gasteiger partial charge on any atom is -0.492 e. The Bertz CT molecular complexity index is 447. The summed E-state index contributed by atoms with van der Waals surface area (Å²) in [6, 6.07) is 5.10. The number of carbonyl (C=O) groups is 1. The number of nitrogens with two attached hydrogens (primary N) is 1. The third-order valence-electron chi connectivity index (χ3n) is 2.78. The second kappa shape index (κ2) is 7.75. The second-order valence-corrected chi connectivity index (χ2v) is 4.83. The number of carbonyl (C=O) groups excluding carboxylic acids is 1. The van der Waals surface area contributed by atoms with Crippen LogP contribution in [0.25, 0.3) is 0 Å². The van der Waals surface area contributed by atoms with E-state index in [1.807, 2.05) is 20.8 Å². The maximum atomic E-state index is 12.2. The highest BCUT2D eigenvalue weighted by atomic mass is 16.5. The highest BCUT2D eigenvalue weighted by Crippen LogP contribution is 2.23. The molecule has 5 nitrogen and oxygen atoms in total. The fourth-order valence-electron chi connectivity index (χ4n) is 1.72. The number of benzene rings is 1. The van der Waals surface area contributed by atoms with Crippen LogP contribution in [-0.4, -0.2) is 43.7 Å². The summed E-state index contributed by atoms with van der Waals surface area (Å²) in [5, 5.41) is 0. The summed E-state index contributed by atoms with van der Waals surface area (Å²) in [5.74, 6) is 0.530. The number of rotatable bonds is 7. The number of nitrogens with zero attached hydrogens (tertiary/aromatic N) is 1. The number of anilines is 1. The summed E-state index contributed by atoms with van der Waals surface area (Å²) in [6.07, 6.45) is 0.166. The zero-order valence-corrected chi connectivity index (χ0v) is 12.7. The molecule has 0 radical (unpaired) electrons. The number of hydrogen-bond donors (Lipinski definition) is 1. The quantitative estimate of drug-likeness (QED) is 0.777. The van der Waals surface area contributed by atoms with Gasteiger partial charge in [0.25, 0.3) is 5.91 Å². The van der Waals surface area contributed by atoms with Crippen molar-refractivity contribution in [3.8, 4) is 5.75 Å². The lowest BCUT2D eigenvalue weighted by Crippen LogP contribution is -2.30. The van der Waals surface area contributed by atoms with Gasteiger partial charge in [0, 0.05) is 19.2 Å². The second-order valence-electron chi connectivity index (χ2n) is 4.83. The van der Waals surface area contributed by atoms with Gasteiger partial charge in [-0.15, -0.1) is 0 Å². The van der Waals surface area contributed by atoms with Gasteiger partial charge >= 0.3 is 0 Å². The van der Waals surface area contributed by atoms with Crippen LogP contribution in [-0.2, 0) is 4.74 Å². The van der Waals surface area contributed by atoms with Crippen molar-refractivity contribution in [2.75, 3.05) is 32.5 Å². The van der Waals surface area contributed by atoms with Gasteiger partial charge in [0.2, 0.25) is 0 Å². The Balaban J connectivity index is 2.64. The Hall–Kier alpha value is -1.75. The number of nitrogen functional groups attached to an aromatic ring is 1. The number of likely N-dealkylation sites (N-methyl/N-ethyl adjacent to an activating group) is 1. The minimum atomic E-state index is -0.0768. The fraction of sp³-hybridized carbons (Fsp3) is 0.533. The van der Waals surface area contributed by atoms with Crippen LogP contribution in [0.1, 0.15) is 31.1 Å². The number of amides is 1. The third kappa shape index (κ3) is 4.74. The van der Waals surface area contributed by atoms with Gasteiger partial charge in [-0.2, -0.15) is 0 Å². The van der Waals surface area contributed by atoms with Gasteiger partial charge in [-0.25, -0.2) is 0 Å². The molecule has 0 bridgehead atoms. The molecule has 1 aromatic rings. The molecular formula is C15H24N2O3. The van der Waals surface area contributed by atoms with Gasteiger partial charge in [-0.05, 0) is 39.0 Å². The van der Waals surface area contributed by atoms with Gasteiger partial charge in [0.1, 0.15) is 5.75 Å². The molecule has 0 aromatic heterocycles. The lowest BCUT2D eigenvalue weighted by molar-refractivity contribution is 0.0532. The molecule has 2 N–H and O–H groups in total. The Morgan fingerprint density at radius 3 is 2.65 bits per heavy atom. The van der Waals surface area contributed by atoms with Crippen LogP contribution in [0, 0.1) is 0 Å². The first-order valence-corrected chi connectivity index (χ1v) is 6.85. The van der Waals surface area contributed by atoms with Crippen molar-refractivity contribution >= 4 is 11.6 Å². The van der Waals surface area contributed by atoms with Crippen LogP contribution in [0.3, 0.4) is 0 Å². The molecule has 0 saturated carbocycles. The van der Waals surface area contributed by atoms with E-state index < -0.39 is 0 Å². The zero-order chi connectivity index (χ0) is 15.1. The van der Waals surface area contributed by atoms with Crippen LogP contribution in [0.4, 0.5) is 5.69 Å². The Kier molecular flexibility index (Phi) is 6.31. The molecule has 0 aliphatic heterocycles. The normalized spacial score (nSPS) is 10.7. The smallest absolute Gasteiger partial charge is 0.253 e. The van der Waals surface area contributed by atoms with E-state index in [0.717, 1.165) is 0 Å². The first-order chi connectivity index (χ1) is 9.45. The van der Waals surface area contributed by atoms with Crippen molar-refractivity contribution in [1.29, 1.82) is 0 Å². The van der Waals surface area contributed by atoms with E-state index in [1.165, 1.54) is 0 Å². The average molecular weight is 280 g/mol. The van der Waals surface area contributed by atoms with E-state index in [0.29, 0.717) is 36.8 Å². The van der Waals surface area contributed by atoms with Crippen LogP contribution in [0.2, 0.25) is 0 Å². The summed E-state index contributed by atoms with van der Waals surface area (Å²) in [4.78, 5) is 13.8. The monoisotopic (exact) mass is 280 g/mol. The molecule has 0 fully saturated rings. The predicted molar refractivity (Wildman–Crippen MR) is 80.1 cm³/mol. The van der Waals surface area contributed by atoms with Crippen molar-refractivity contribution in [2.45, 2.75) is 26.9 Å². The molecule has 0 aliphatic rings. The molecule has 0 saturated heterocycles. The van der Waals surface area contributed by atoms with Crippen molar-refractivity contribution in [3.63, 3.8) is 0 Å². The summed E-state index contributed by atoms with van der Waals surface area (Å²) in [5.41, 5.74) is 6.89. The lowest BCUT2D eigenvalue weighted by atomic mass is 10.1. The van der Waals surface area contributed by atoms with Crippen molar-refractivity contribution < 1.29 is 14.3 Å². The van der Waals surface area contributed by atoms with Crippen molar-refractivity contribution in [3.05, 3.63) is 23.8 Å². The Morgan fingerprint density at radius 1 is 1.40 bits per heavy atom. The van der Waals surface area contributed by atoms with Gasteiger partial charge in [0.05, 0.1) is 25.0 Å². The van der Waals surface area contributed by atoms with Crippen LogP contribution < -0.4 is 10.5 Å². The van der Waals surface area contributed by atoms with Crippen molar-refractivity contribution in [1.82, 2.24) is 4.90 Å². The summed E-state index contributed by atoms with van der Waals surface area (Å²) >= 11 is 0. The first kappa shape index (κ1) is 16.3. The largest absolute Gasteiger partial charge is 0.492 e. The summed E-state index contributed by atoms with van der Waals surface area (Å²) in [6.45, 7) is 7.44. The van der Waals surface area contributed by atoms with Gasteiger partial charge < -0.3 is 20.1 Å². The first-order valence-electron chi connectivity index (χ1n) is 6.85. The molecule has 1 amide bonds. The molecule has 112 valence electrons. The molecule has 0 unspecified atom stereocenters. The Morgan fingerprint density at radius 2 is 2.10 bits per heavy atom. The molecule has 0 heterocycles. The van der Waals surface area contributed by atoms with E-state index in [4.69, 9.17) is 15.2 Å². The fourth-order valence-corrected chi connectivity index (χ4v) is 1.72. The molecule has 1 rings (SSSR count). The van der Waals surface area contributed by atoms with Gasteiger partial charge in [-0.1, -0.05) is 0 Å². The van der Waals surface area contributed by atoms with Crippen LogP contribution in [0.5, 0.6) is 5.75 Å². The zero-order valence-electron chi connectivity index (χ0n) is 12.7. The molecule has 1 aromatic carbocycles. The maximum Gasteiger partial charge on any atom is 0.253 e. The summed E-state index contributed by atoms with van der Waals surface area (Å²) in [7, 11) is 1.75. The van der Waals surface area contributed by atoms with Crippen molar-refractivity contribution in [2.24, 2.45) is 0 Å². The Labute approximate surface area is 120 Å². The maximum absolute atomic E-state index is 12.2. The highest BCUT2D eigenvalue weighted by Gasteiger charge is 2.13. The van der Waals surface area contributed by atoms with E-state index in [2.05, 4.69) is 0 Å². The molecule has 0 spiro atoms. The van der Waals surface area contributed by atoms with Gasteiger partial charge in [-0.3, -0.25) is 4.79 Å². The topological polar surface area (TPSA) is 64.8 Å². The standard InChI is InChI=1S/C15H24N2O3/c1-5-19-14-7-6-12(10-13(14)16)15(18)17(4)8-9-20-11(2)3/h6-7,10-11H,5,8-9,16H2,1-4H3. The summed E-state index contributed by atoms with van der Waals surface area (Å²) < 4.78 is 10.8. The predicted octanol–water partition coefficient (Wildman–Crippen LogP) is 2.16. The SMILES string of the molecule is CCOc1ccc(C(=O)N(C)CCOC(C)C)cc1N. The van der Waals surface area contributed by atoms with Crippen LogP contribution in [0.15, 0.2) is 18.2 Å². The van der Waals surface area contributed by atoms with E-state index in [9.17, 15) is 4.79 Å². The number of ether oxygens (including phenoxy) is 2. The average Bonchev–Trinajstić information content (AvgIpc) is 2.40. The molecule has 20 heavy (non-hydrogen) atoms. The molecule has 0 atom stereocenters. The lowest BCUT2D eigenvalue weighted by Gasteiger charge is -2.18. The minimum absolute atomic E-state index is 0.0768. The van der Waals surface area contributed by atoms with Crippen LogP contribution >= 0.6 is 0 Å². The van der Waals surface area contributed by atoms with E-state index in [-0.39, 0.29) is 12.0 Å². The third-order valence-corrected chi connectivity index (χ3v) is 2.78. The number of hydrogen-bond acceptors (Lipinski definition) is 4. The highest BCUT2D eigenvalue weighted by molar-refractivity contribution is 5.95. The molecule has 5 heteroatoms. The van der Waals surface area contributed by atoms with E-state index >= 15 is 0 Å². The van der Waals surface area contributed by atoms with Gasteiger partial charge in [0.15, 0.2) is 0 Å². The molecule has 0 aliphatic carbocycles. The molecular weight excluding hydrogens is 256 g/mol.